The van der Waals surface area contributed by atoms with E-state index in [2.05, 4.69) is 23.7 Å². The minimum atomic E-state index is -0.0805. The standard InChI is InChI=1S/C10H16N2OS/c1-8(7-12-10(13)6-11)5-9-3-2-4-14-9/h2-4,8H,5-7,11H2,1H3,(H,12,13). The molecule has 1 unspecified atom stereocenters. The first-order chi connectivity index (χ1) is 6.72. The van der Waals surface area contributed by atoms with Gasteiger partial charge in [0, 0.05) is 11.4 Å². The fourth-order valence-corrected chi connectivity index (χ4v) is 2.07. The van der Waals surface area contributed by atoms with Crippen molar-refractivity contribution in [1.29, 1.82) is 0 Å². The molecule has 1 amide bonds. The summed E-state index contributed by atoms with van der Waals surface area (Å²) < 4.78 is 0. The summed E-state index contributed by atoms with van der Waals surface area (Å²) >= 11 is 1.75. The van der Waals surface area contributed by atoms with E-state index in [1.165, 1.54) is 4.88 Å². The highest BCUT2D eigenvalue weighted by atomic mass is 32.1. The molecule has 0 saturated heterocycles. The van der Waals surface area contributed by atoms with Crippen LogP contribution in [-0.4, -0.2) is 19.0 Å². The van der Waals surface area contributed by atoms with Crippen molar-refractivity contribution in [2.45, 2.75) is 13.3 Å². The van der Waals surface area contributed by atoms with Gasteiger partial charge in [-0.1, -0.05) is 13.0 Å². The third-order valence-electron chi connectivity index (χ3n) is 1.96. The summed E-state index contributed by atoms with van der Waals surface area (Å²) in [4.78, 5) is 12.2. The van der Waals surface area contributed by atoms with Gasteiger partial charge >= 0.3 is 0 Å². The van der Waals surface area contributed by atoms with Crippen LogP contribution in [-0.2, 0) is 11.2 Å². The van der Waals surface area contributed by atoms with E-state index < -0.39 is 0 Å². The van der Waals surface area contributed by atoms with E-state index in [4.69, 9.17) is 5.73 Å². The van der Waals surface area contributed by atoms with Gasteiger partial charge in [0.25, 0.3) is 0 Å². The predicted molar refractivity (Wildman–Crippen MR) is 59.3 cm³/mol. The van der Waals surface area contributed by atoms with Gasteiger partial charge in [0.2, 0.25) is 5.91 Å². The summed E-state index contributed by atoms with van der Waals surface area (Å²) in [6.45, 7) is 2.90. The summed E-state index contributed by atoms with van der Waals surface area (Å²) in [6, 6.07) is 4.16. The van der Waals surface area contributed by atoms with Crippen molar-refractivity contribution in [3.63, 3.8) is 0 Å². The number of rotatable bonds is 5. The summed E-state index contributed by atoms with van der Waals surface area (Å²) in [7, 11) is 0. The Balaban J connectivity index is 2.22. The van der Waals surface area contributed by atoms with Crippen LogP contribution in [0.3, 0.4) is 0 Å². The van der Waals surface area contributed by atoms with Crippen LogP contribution in [0.4, 0.5) is 0 Å². The zero-order valence-corrected chi connectivity index (χ0v) is 9.14. The molecule has 0 aliphatic carbocycles. The second-order valence-corrected chi connectivity index (χ2v) is 4.43. The molecule has 0 aliphatic heterocycles. The van der Waals surface area contributed by atoms with E-state index in [1.807, 2.05) is 6.07 Å². The Labute approximate surface area is 88.3 Å². The Hall–Kier alpha value is -0.870. The first kappa shape index (κ1) is 11.2. The molecule has 3 N–H and O–H groups in total. The molecule has 1 aromatic rings. The molecule has 1 heterocycles. The van der Waals surface area contributed by atoms with E-state index in [0.717, 1.165) is 6.42 Å². The Morgan fingerprint density at radius 3 is 3.07 bits per heavy atom. The molecule has 0 fully saturated rings. The van der Waals surface area contributed by atoms with Crippen LogP contribution in [0, 0.1) is 5.92 Å². The molecular formula is C10H16N2OS. The normalized spacial score (nSPS) is 12.4. The number of hydrogen-bond donors (Lipinski definition) is 2. The summed E-state index contributed by atoms with van der Waals surface area (Å²) in [5.74, 6) is 0.382. The SMILES string of the molecule is CC(CNC(=O)CN)Cc1cccs1. The molecule has 1 atom stereocenters. The maximum absolute atomic E-state index is 10.9. The highest BCUT2D eigenvalue weighted by Crippen LogP contribution is 2.13. The minimum Gasteiger partial charge on any atom is -0.355 e. The van der Waals surface area contributed by atoms with Crippen LogP contribution < -0.4 is 11.1 Å². The molecule has 0 bridgehead atoms. The third kappa shape index (κ3) is 3.89. The number of hydrogen-bond acceptors (Lipinski definition) is 3. The van der Waals surface area contributed by atoms with Crippen LogP contribution in [0.15, 0.2) is 17.5 Å². The van der Waals surface area contributed by atoms with E-state index in [-0.39, 0.29) is 12.5 Å². The molecule has 78 valence electrons. The van der Waals surface area contributed by atoms with Crippen molar-refractivity contribution in [3.8, 4) is 0 Å². The molecule has 1 aromatic heterocycles. The molecule has 3 nitrogen and oxygen atoms in total. The average Bonchev–Trinajstić information content (AvgIpc) is 2.66. The lowest BCUT2D eigenvalue weighted by Gasteiger charge is -2.10. The zero-order valence-electron chi connectivity index (χ0n) is 8.32. The first-order valence-corrected chi connectivity index (χ1v) is 5.59. The van der Waals surface area contributed by atoms with Crippen LogP contribution in [0.25, 0.3) is 0 Å². The highest BCUT2D eigenvalue weighted by molar-refractivity contribution is 7.09. The lowest BCUT2D eigenvalue weighted by molar-refractivity contribution is -0.119. The summed E-state index contributed by atoms with van der Waals surface area (Å²) in [5.41, 5.74) is 5.18. The Morgan fingerprint density at radius 2 is 2.50 bits per heavy atom. The van der Waals surface area contributed by atoms with Gasteiger partial charge in [-0.25, -0.2) is 0 Å². The van der Waals surface area contributed by atoms with E-state index in [0.29, 0.717) is 12.5 Å². The van der Waals surface area contributed by atoms with Gasteiger partial charge in [0.1, 0.15) is 0 Å². The van der Waals surface area contributed by atoms with Crippen molar-refractivity contribution < 1.29 is 4.79 Å². The molecule has 0 radical (unpaired) electrons. The van der Waals surface area contributed by atoms with Gasteiger partial charge in [-0.15, -0.1) is 11.3 Å². The van der Waals surface area contributed by atoms with Crippen LogP contribution in [0.1, 0.15) is 11.8 Å². The van der Waals surface area contributed by atoms with Gasteiger partial charge in [-0.3, -0.25) is 4.79 Å². The van der Waals surface area contributed by atoms with Crippen LogP contribution >= 0.6 is 11.3 Å². The molecule has 4 heteroatoms. The van der Waals surface area contributed by atoms with Gasteiger partial charge in [-0.05, 0) is 23.8 Å². The second kappa shape index (κ2) is 5.78. The maximum atomic E-state index is 10.9. The fraction of sp³-hybridized carbons (Fsp3) is 0.500. The third-order valence-corrected chi connectivity index (χ3v) is 2.86. The minimum absolute atomic E-state index is 0.0751. The van der Waals surface area contributed by atoms with Crippen molar-refractivity contribution >= 4 is 17.2 Å². The number of nitrogens with two attached hydrogens (primary N) is 1. The molecule has 0 aliphatic rings. The predicted octanol–water partition coefficient (Wildman–Crippen LogP) is 1.00. The smallest absolute Gasteiger partial charge is 0.233 e. The molecule has 0 aromatic carbocycles. The zero-order chi connectivity index (χ0) is 10.4. The fourth-order valence-electron chi connectivity index (χ4n) is 1.20. The quantitative estimate of drug-likeness (QED) is 0.765. The molecule has 0 spiro atoms. The van der Waals surface area contributed by atoms with Crippen LogP contribution in [0.2, 0.25) is 0 Å². The molecule has 1 rings (SSSR count). The number of thiophene rings is 1. The first-order valence-electron chi connectivity index (χ1n) is 4.71. The number of amides is 1. The average molecular weight is 212 g/mol. The second-order valence-electron chi connectivity index (χ2n) is 3.40. The topological polar surface area (TPSA) is 55.1 Å². The van der Waals surface area contributed by atoms with Gasteiger partial charge in [0.15, 0.2) is 0 Å². The molecular weight excluding hydrogens is 196 g/mol. The largest absolute Gasteiger partial charge is 0.355 e. The van der Waals surface area contributed by atoms with Crippen molar-refractivity contribution in [3.05, 3.63) is 22.4 Å². The summed E-state index contributed by atoms with van der Waals surface area (Å²) in [5, 5.41) is 4.86. The Morgan fingerprint density at radius 1 is 1.71 bits per heavy atom. The number of carbonyl (C=O) groups is 1. The maximum Gasteiger partial charge on any atom is 0.233 e. The molecule has 0 saturated carbocycles. The van der Waals surface area contributed by atoms with Gasteiger partial charge < -0.3 is 11.1 Å². The van der Waals surface area contributed by atoms with Gasteiger partial charge in [-0.2, -0.15) is 0 Å². The Kier molecular flexibility index (Phi) is 4.62. The van der Waals surface area contributed by atoms with Gasteiger partial charge in [0.05, 0.1) is 6.54 Å². The molecule has 14 heavy (non-hydrogen) atoms. The van der Waals surface area contributed by atoms with Crippen LogP contribution in [0.5, 0.6) is 0 Å². The van der Waals surface area contributed by atoms with Crippen molar-refractivity contribution in [2.24, 2.45) is 11.7 Å². The highest BCUT2D eigenvalue weighted by Gasteiger charge is 2.05. The monoisotopic (exact) mass is 212 g/mol. The number of carbonyl (C=O) groups excluding carboxylic acids is 1. The van der Waals surface area contributed by atoms with Crippen molar-refractivity contribution in [1.82, 2.24) is 5.32 Å². The lowest BCUT2D eigenvalue weighted by atomic mass is 10.1. The summed E-state index contributed by atoms with van der Waals surface area (Å²) in [6.07, 6.45) is 1.02. The Bertz CT molecular complexity index is 272. The number of nitrogens with one attached hydrogen (secondary N) is 1. The van der Waals surface area contributed by atoms with Crippen molar-refractivity contribution in [2.75, 3.05) is 13.1 Å². The van der Waals surface area contributed by atoms with E-state index in [1.54, 1.807) is 11.3 Å². The lowest BCUT2D eigenvalue weighted by Crippen LogP contribution is -2.33. The van der Waals surface area contributed by atoms with E-state index >= 15 is 0 Å². The van der Waals surface area contributed by atoms with E-state index in [9.17, 15) is 4.79 Å².